The van der Waals surface area contributed by atoms with Crippen molar-refractivity contribution in [1.82, 2.24) is 9.78 Å². The number of aromatic nitrogens is 2. The average Bonchev–Trinajstić information content (AvgIpc) is 2.75. The lowest BCUT2D eigenvalue weighted by Crippen LogP contribution is -2.35. The van der Waals surface area contributed by atoms with Gasteiger partial charge in [-0.25, -0.2) is 0 Å². The zero-order valence-corrected chi connectivity index (χ0v) is 14.1. The van der Waals surface area contributed by atoms with E-state index >= 15 is 0 Å². The molecule has 1 heterocycles. The maximum absolute atomic E-state index is 11.1. The second-order valence-electron chi connectivity index (χ2n) is 7.10. The zero-order valence-electron chi connectivity index (χ0n) is 13.3. The fourth-order valence-corrected chi connectivity index (χ4v) is 4.14. The molecule has 2 unspecified atom stereocenters. The monoisotopic (exact) mass is 298 g/mol. The molecule has 0 aromatic carbocycles. The zero-order chi connectivity index (χ0) is 15.1. The van der Waals surface area contributed by atoms with Gasteiger partial charge < -0.3 is 5.11 Å². The predicted molar refractivity (Wildman–Crippen MR) is 83.1 cm³/mol. The molecule has 20 heavy (non-hydrogen) atoms. The molecule has 0 saturated heterocycles. The Morgan fingerprint density at radius 2 is 2.05 bits per heavy atom. The van der Waals surface area contributed by atoms with E-state index in [1.54, 1.807) is 0 Å². The van der Waals surface area contributed by atoms with E-state index < -0.39 is 5.60 Å². The van der Waals surface area contributed by atoms with Crippen molar-refractivity contribution in [2.45, 2.75) is 72.4 Å². The summed E-state index contributed by atoms with van der Waals surface area (Å²) in [6.45, 7) is 11.5. The Morgan fingerprint density at radius 1 is 1.40 bits per heavy atom. The summed E-state index contributed by atoms with van der Waals surface area (Å²) >= 11 is 6.47. The SMILES string of the molecule is CCc1nn(CC)c(CC2(O)CC(C)(C)CC2C)c1Cl. The molecule has 1 aromatic rings. The highest BCUT2D eigenvalue weighted by Gasteiger charge is 2.48. The van der Waals surface area contributed by atoms with Crippen molar-refractivity contribution >= 4 is 11.6 Å². The van der Waals surface area contributed by atoms with Gasteiger partial charge in [0, 0.05) is 13.0 Å². The lowest BCUT2D eigenvalue weighted by molar-refractivity contribution is 0.00271. The lowest BCUT2D eigenvalue weighted by Gasteiger charge is -2.29. The van der Waals surface area contributed by atoms with Gasteiger partial charge in [-0.05, 0) is 37.5 Å². The van der Waals surface area contributed by atoms with E-state index in [9.17, 15) is 5.11 Å². The van der Waals surface area contributed by atoms with Crippen molar-refractivity contribution in [2.24, 2.45) is 11.3 Å². The smallest absolute Gasteiger partial charge is 0.0850 e. The Hall–Kier alpha value is -0.540. The second kappa shape index (κ2) is 5.34. The molecule has 1 saturated carbocycles. The standard InChI is InChI=1S/C16H27ClN2O/c1-6-12-14(17)13(19(7-2)18-12)9-16(20)10-15(4,5)8-11(16)3/h11,20H,6-10H2,1-5H3. The quantitative estimate of drug-likeness (QED) is 0.917. The fourth-order valence-electron chi connectivity index (χ4n) is 3.81. The van der Waals surface area contributed by atoms with Gasteiger partial charge in [0.25, 0.3) is 0 Å². The van der Waals surface area contributed by atoms with Gasteiger partial charge in [-0.2, -0.15) is 5.10 Å². The Bertz CT molecular complexity index is 495. The molecular weight excluding hydrogens is 272 g/mol. The summed E-state index contributed by atoms with van der Waals surface area (Å²) in [5, 5.41) is 16.4. The molecule has 0 radical (unpaired) electrons. The van der Waals surface area contributed by atoms with Gasteiger partial charge in [0.2, 0.25) is 0 Å². The van der Waals surface area contributed by atoms with Crippen LogP contribution in [0.5, 0.6) is 0 Å². The van der Waals surface area contributed by atoms with Crippen LogP contribution in [0.15, 0.2) is 0 Å². The van der Waals surface area contributed by atoms with Crippen molar-refractivity contribution in [1.29, 1.82) is 0 Å². The van der Waals surface area contributed by atoms with Crippen LogP contribution >= 0.6 is 11.6 Å². The third kappa shape index (κ3) is 2.75. The summed E-state index contributed by atoms with van der Waals surface area (Å²) in [6, 6.07) is 0. The summed E-state index contributed by atoms with van der Waals surface area (Å²) in [5.41, 5.74) is 1.48. The summed E-state index contributed by atoms with van der Waals surface area (Å²) in [5.74, 6) is 0.291. The van der Waals surface area contributed by atoms with Crippen molar-refractivity contribution in [3.8, 4) is 0 Å². The molecule has 4 heteroatoms. The van der Waals surface area contributed by atoms with Crippen LogP contribution in [0.25, 0.3) is 0 Å². The summed E-state index contributed by atoms with van der Waals surface area (Å²) in [4.78, 5) is 0. The van der Waals surface area contributed by atoms with Crippen LogP contribution in [0.4, 0.5) is 0 Å². The van der Waals surface area contributed by atoms with Gasteiger partial charge in [0.15, 0.2) is 0 Å². The number of aliphatic hydroxyl groups is 1. The van der Waals surface area contributed by atoms with Crippen LogP contribution in [-0.2, 0) is 19.4 Å². The first-order chi connectivity index (χ1) is 9.22. The maximum atomic E-state index is 11.1. The number of hydrogen-bond acceptors (Lipinski definition) is 2. The minimum Gasteiger partial charge on any atom is -0.389 e. The molecule has 0 bridgehead atoms. The highest BCUT2D eigenvalue weighted by molar-refractivity contribution is 6.31. The Morgan fingerprint density at radius 3 is 2.50 bits per heavy atom. The van der Waals surface area contributed by atoms with E-state index in [0.717, 1.165) is 42.2 Å². The fraction of sp³-hybridized carbons (Fsp3) is 0.812. The third-order valence-electron chi connectivity index (χ3n) is 4.73. The molecule has 1 N–H and O–H groups in total. The first-order valence-electron chi connectivity index (χ1n) is 7.69. The van der Waals surface area contributed by atoms with Gasteiger partial charge in [0.1, 0.15) is 0 Å². The second-order valence-corrected chi connectivity index (χ2v) is 7.48. The van der Waals surface area contributed by atoms with Crippen molar-refractivity contribution in [2.75, 3.05) is 0 Å². The number of halogens is 1. The van der Waals surface area contributed by atoms with Crippen LogP contribution in [-0.4, -0.2) is 20.5 Å². The number of aryl methyl sites for hydroxylation is 2. The van der Waals surface area contributed by atoms with Crippen LogP contribution in [0.2, 0.25) is 5.02 Å². The van der Waals surface area contributed by atoms with Crippen LogP contribution in [0.3, 0.4) is 0 Å². The number of hydrogen-bond donors (Lipinski definition) is 1. The van der Waals surface area contributed by atoms with E-state index in [1.165, 1.54) is 0 Å². The van der Waals surface area contributed by atoms with E-state index in [0.29, 0.717) is 12.3 Å². The predicted octanol–water partition coefficient (Wildman–Crippen LogP) is 3.85. The van der Waals surface area contributed by atoms with Crippen molar-refractivity contribution in [3.05, 3.63) is 16.4 Å². The van der Waals surface area contributed by atoms with Crippen LogP contribution in [0, 0.1) is 11.3 Å². The van der Waals surface area contributed by atoms with Crippen LogP contribution < -0.4 is 0 Å². The van der Waals surface area contributed by atoms with E-state index in [-0.39, 0.29) is 5.41 Å². The molecule has 1 aliphatic carbocycles. The van der Waals surface area contributed by atoms with E-state index in [2.05, 4.69) is 39.7 Å². The molecule has 1 aromatic heterocycles. The topological polar surface area (TPSA) is 38.0 Å². The largest absolute Gasteiger partial charge is 0.389 e. The Labute approximate surface area is 127 Å². The number of nitrogens with zero attached hydrogens (tertiary/aromatic N) is 2. The van der Waals surface area contributed by atoms with Gasteiger partial charge in [-0.1, -0.05) is 39.3 Å². The third-order valence-corrected chi connectivity index (χ3v) is 5.16. The minimum atomic E-state index is -0.662. The molecule has 3 nitrogen and oxygen atoms in total. The number of rotatable bonds is 4. The average molecular weight is 299 g/mol. The molecule has 0 spiro atoms. The molecule has 0 amide bonds. The van der Waals surface area contributed by atoms with Crippen LogP contribution in [0.1, 0.15) is 58.8 Å². The highest BCUT2D eigenvalue weighted by atomic mass is 35.5. The minimum absolute atomic E-state index is 0.200. The van der Waals surface area contributed by atoms with Gasteiger partial charge in [0.05, 0.1) is 22.0 Å². The molecule has 2 atom stereocenters. The molecule has 1 fully saturated rings. The highest BCUT2D eigenvalue weighted by Crippen LogP contribution is 2.49. The van der Waals surface area contributed by atoms with Gasteiger partial charge >= 0.3 is 0 Å². The van der Waals surface area contributed by atoms with E-state index in [4.69, 9.17) is 11.6 Å². The first-order valence-corrected chi connectivity index (χ1v) is 8.06. The maximum Gasteiger partial charge on any atom is 0.0850 e. The summed E-state index contributed by atoms with van der Waals surface area (Å²) in [6.07, 6.45) is 3.32. The van der Waals surface area contributed by atoms with Crippen molar-refractivity contribution < 1.29 is 5.11 Å². The molecule has 1 aliphatic rings. The van der Waals surface area contributed by atoms with Gasteiger partial charge in [-0.15, -0.1) is 0 Å². The summed E-state index contributed by atoms with van der Waals surface area (Å²) in [7, 11) is 0. The normalized spacial score (nSPS) is 29.1. The molecular formula is C16H27ClN2O. The summed E-state index contributed by atoms with van der Waals surface area (Å²) < 4.78 is 1.96. The molecule has 2 rings (SSSR count). The van der Waals surface area contributed by atoms with E-state index in [1.807, 2.05) is 4.68 Å². The Kier molecular flexibility index (Phi) is 4.23. The lowest BCUT2D eigenvalue weighted by atomic mass is 9.86. The Balaban J connectivity index is 2.32. The molecule has 114 valence electrons. The van der Waals surface area contributed by atoms with Gasteiger partial charge in [-0.3, -0.25) is 4.68 Å². The van der Waals surface area contributed by atoms with Crippen molar-refractivity contribution in [3.63, 3.8) is 0 Å². The first kappa shape index (κ1) is 15.8. The molecule has 0 aliphatic heterocycles.